The van der Waals surface area contributed by atoms with Crippen molar-refractivity contribution >= 4 is 16.8 Å². The van der Waals surface area contributed by atoms with Crippen molar-refractivity contribution in [2.24, 2.45) is 0 Å². The van der Waals surface area contributed by atoms with Gasteiger partial charge in [-0.25, -0.2) is 15.0 Å². The van der Waals surface area contributed by atoms with Crippen molar-refractivity contribution in [3.63, 3.8) is 0 Å². The predicted molar refractivity (Wildman–Crippen MR) is 247 cm³/mol. The molecule has 0 N–H and O–H groups in total. The van der Waals surface area contributed by atoms with E-state index in [1.54, 1.807) is 7.11 Å². The minimum absolute atomic E-state index is 0.291. The second-order valence-electron chi connectivity index (χ2n) is 16.3. The first-order valence-corrected chi connectivity index (χ1v) is 20.7. The van der Waals surface area contributed by atoms with Crippen LogP contribution in [0.1, 0.15) is 41.7 Å². The fraction of sp³-hybridized carbons (Fsp3) is 0.0893. The van der Waals surface area contributed by atoms with Crippen molar-refractivity contribution in [1.29, 1.82) is 0 Å². The van der Waals surface area contributed by atoms with Gasteiger partial charge in [-0.05, 0) is 63.0 Å². The van der Waals surface area contributed by atoms with Crippen LogP contribution in [0.25, 0.3) is 73.3 Å². The fourth-order valence-corrected chi connectivity index (χ4v) is 9.37. The van der Waals surface area contributed by atoms with E-state index in [1.165, 1.54) is 38.8 Å². The van der Waals surface area contributed by atoms with Gasteiger partial charge in [0, 0.05) is 44.2 Å². The lowest BCUT2D eigenvalue weighted by Gasteiger charge is -2.38. The molecule has 1 atom stereocenters. The Morgan fingerprint density at radius 3 is 1.56 bits per heavy atom. The summed E-state index contributed by atoms with van der Waals surface area (Å²) in [6, 6.07) is 63.1. The number of hydrogen-bond acceptors (Lipinski definition) is 5. The molecule has 0 fully saturated rings. The smallest absolute Gasteiger partial charge is 0.178 e. The van der Waals surface area contributed by atoms with Crippen LogP contribution in [0.3, 0.4) is 0 Å². The Morgan fingerprint density at radius 2 is 0.984 bits per heavy atom. The summed E-state index contributed by atoms with van der Waals surface area (Å²) in [6.45, 7) is 4.71. The van der Waals surface area contributed by atoms with E-state index in [9.17, 15) is 0 Å². The third-order valence-corrected chi connectivity index (χ3v) is 12.4. The van der Waals surface area contributed by atoms with Crippen LogP contribution >= 0.6 is 0 Å². The van der Waals surface area contributed by atoms with Crippen molar-refractivity contribution in [3.05, 3.63) is 216 Å². The normalized spacial score (nSPS) is 15.7. The second-order valence-corrected chi connectivity index (χ2v) is 16.3. The van der Waals surface area contributed by atoms with E-state index in [4.69, 9.17) is 24.4 Å². The van der Waals surface area contributed by atoms with Crippen molar-refractivity contribution < 1.29 is 9.47 Å². The molecule has 0 spiro atoms. The summed E-state index contributed by atoms with van der Waals surface area (Å²) in [4.78, 5) is 14.9. The number of aromatic nitrogens is 3. The molecule has 0 saturated heterocycles. The van der Waals surface area contributed by atoms with Gasteiger partial charge in [0.2, 0.25) is 0 Å². The summed E-state index contributed by atoms with van der Waals surface area (Å²) < 4.78 is 13.2. The van der Waals surface area contributed by atoms with Crippen LogP contribution in [0, 0.1) is 0 Å². The highest BCUT2D eigenvalue weighted by atomic mass is 16.5. The summed E-state index contributed by atoms with van der Waals surface area (Å²) in [5.41, 5.74) is 12.2. The molecule has 2 heterocycles. The van der Waals surface area contributed by atoms with Crippen LogP contribution < -0.4 is 9.47 Å². The van der Waals surface area contributed by atoms with Gasteiger partial charge in [0.1, 0.15) is 11.5 Å². The maximum absolute atomic E-state index is 7.62. The van der Waals surface area contributed by atoms with Gasteiger partial charge in [0.05, 0.1) is 7.11 Å². The number of nitrogens with zero attached hydrogens (tertiary/aromatic N) is 3. The lowest BCUT2D eigenvalue weighted by molar-refractivity contribution is 0.163. The topological polar surface area (TPSA) is 57.1 Å². The van der Waals surface area contributed by atoms with Crippen LogP contribution in [0.15, 0.2) is 188 Å². The minimum atomic E-state index is -0.964. The molecule has 292 valence electrons. The number of methoxy groups -OCH3 is 1. The molecule has 1 aromatic heterocycles. The molecule has 8 aromatic carbocycles. The SMILES string of the molecule is COc1ccc(C2(c3ccc(-c4nc(-c5ccccc5)nc(-c5ccccc5)n4)cc3)C=Cc3c4c(c5ccccc5c3O2)-c2ccc(-c3ccccc3)cc2C4(C)C)cc1. The summed E-state index contributed by atoms with van der Waals surface area (Å²) in [6.07, 6.45) is 4.54. The Kier molecular flexibility index (Phi) is 8.53. The summed E-state index contributed by atoms with van der Waals surface area (Å²) in [5, 5.41) is 2.26. The monoisotopic (exact) mass is 787 g/mol. The molecule has 0 amide bonds. The standard InChI is InChI=1S/C56H41N3O2/c1-55(2)48-35-40(36-15-7-4-8-16-36)25-32-46(48)49-44-21-13-14-22-45(44)51-47(50(49)55)33-34-56(61-51,42-28-30-43(60-3)31-29-42)41-26-23-39(24-27-41)54-58-52(37-17-9-5-10-18-37)57-53(59-54)38-19-11-6-12-20-38/h4-35H,1-3H3. The van der Waals surface area contributed by atoms with Gasteiger partial charge in [0.15, 0.2) is 23.1 Å². The van der Waals surface area contributed by atoms with Gasteiger partial charge >= 0.3 is 0 Å². The lowest BCUT2D eigenvalue weighted by Crippen LogP contribution is -2.35. The van der Waals surface area contributed by atoms with Crippen LogP contribution in [-0.2, 0) is 11.0 Å². The van der Waals surface area contributed by atoms with Crippen molar-refractivity contribution in [3.8, 4) is 67.9 Å². The average Bonchev–Trinajstić information content (AvgIpc) is 3.58. The zero-order valence-electron chi connectivity index (χ0n) is 34.1. The Labute approximate surface area is 355 Å². The summed E-state index contributed by atoms with van der Waals surface area (Å²) in [7, 11) is 1.69. The summed E-state index contributed by atoms with van der Waals surface area (Å²) >= 11 is 0. The fourth-order valence-electron chi connectivity index (χ4n) is 9.37. The zero-order chi connectivity index (χ0) is 41.1. The second kappa shape index (κ2) is 14.3. The molecule has 1 aliphatic carbocycles. The number of benzene rings is 8. The van der Waals surface area contributed by atoms with Gasteiger partial charge in [-0.3, -0.25) is 0 Å². The van der Waals surface area contributed by atoms with E-state index in [-0.39, 0.29) is 5.41 Å². The maximum Gasteiger partial charge on any atom is 0.178 e. The molecule has 0 radical (unpaired) electrons. The number of fused-ring (bicyclic) bond motifs is 8. The molecule has 61 heavy (non-hydrogen) atoms. The van der Waals surface area contributed by atoms with Gasteiger partial charge in [-0.15, -0.1) is 0 Å². The van der Waals surface area contributed by atoms with Gasteiger partial charge in [0.25, 0.3) is 0 Å². The average molecular weight is 788 g/mol. The Hall–Kier alpha value is -7.63. The maximum atomic E-state index is 7.62. The largest absolute Gasteiger partial charge is 0.497 e. The van der Waals surface area contributed by atoms with E-state index in [0.717, 1.165) is 50.3 Å². The number of rotatable bonds is 7. The number of ether oxygens (including phenoxy) is 2. The van der Waals surface area contributed by atoms with Crippen molar-refractivity contribution in [2.45, 2.75) is 24.9 Å². The van der Waals surface area contributed by atoms with Gasteiger partial charge < -0.3 is 9.47 Å². The molecule has 5 heteroatoms. The third-order valence-electron chi connectivity index (χ3n) is 12.4. The van der Waals surface area contributed by atoms with Crippen LogP contribution in [0.5, 0.6) is 11.5 Å². The van der Waals surface area contributed by atoms with E-state index in [0.29, 0.717) is 17.5 Å². The summed E-state index contributed by atoms with van der Waals surface area (Å²) in [5.74, 6) is 3.50. The van der Waals surface area contributed by atoms with E-state index >= 15 is 0 Å². The van der Waals surface area contributed by atoms with Crippen LogP contribution in [-0.4, -0.2) is 22.1 Å². The zero-order valence-corrected chi connectivity index (χ0v) is 34.1. The highest BCUT2D eigenvalue weighted by Crippen LogP contribution is 2.58. The molecule has 1 aliphatic heterocycles. The van der Waals surface area contributed by atoms with Crippen LogP contribution in [0.2, 0.25) is 0 Å². The molecule has 9 aromatic rings. The predicted octanol–water partition coefficient (Wildman–Crippen LogP) is 13.4. The Bertz CT molecular complexity index is 3090. The first-order valence-electron chi connectivity index (χ1n) is 20.7. The molecule has 0 saturated carbocycles. The van der Waals surface area contributed by atoms with Crippen molar-refractivity contribution in [2.75, 3.05) is 7.11 Å². The molecule has 1 unspecified atom stereocenters. The quantitative estimate of drug-likeness (QED) is 0.161. The molecule has 0 bridgehead atoms. The van der Waals surface area contributed by atoms with Gasteiger partial charge in [-0.1, -0.05) is 184 Å². The molecule has 5 nitrogen and oxygen atoms in total. The van der Waals surface area contributed by atoms with E-state index in [2.05, 4.69) is 135 Å². The van der Waals surface area contributed by atoms with Crippen LogP contribution in [0.4, 0.5) is 0 Å². The first-order chi connectivity index (χ1) is 29.9. The minimum Gasteiger partial charge on any atom is -0.497 e. The molecular weight excluding hydrogens is 747 g/mol. The first kappa shape index (κ1) is 36.4. The lowest BCUT2D eigenvalue weighted by atomic mass is 9.76. The highest BCUT2D eigenvalue weighted by Gasteiger charge is 2.44. The number of hydrogen-bond donors (Lipinski definition) is 0. The molecule has 11 rings (SSSR count). The third kappa shape index (κ3) is 5.96. The molecular formula is C56H41N3O2. The van der Waals surface area contributed by atoms with E-state index < -0.39 is 5.60 Å². The Balaban J connectivity index is 1.06. The van der Waals surface area contributed by atoms with Crippen molar-refractivity contribution in [1.82, 2.24) is 15.0 Å². The van der Waals surface area contributed by atoms with Gasteiger partial charge in [-0.2, -0.15) is 0 Å². The van der Waals surface area contributed by atoms with E-state index in [1.807, 2.05) is 72.8 Å². The Morgan fingerprint density at radius 1 is 0.492 bits per heavy atom. The molecule has 2 aliphatic rings. The highest BCUT2D eigenvalue weighted by molar-refractivity contribution is 6.08.